The highest BCUT2D eigenvalue weighted by Crippen LogP contribution is 2.14. The lowest BCUT2D eigenvalue weighted by Crippen LogP contribution is -2.26. The largest absolute Gasteiger partial charge is 0.481 e. The van der Waals surface area contributed by atoms with Gasteiger partial charge in [0.05, 0.1) is 11.8 Å². The molecule has 0 bridgehead atoms. The van der Waals surface area contributed by atoms with Crippen molar-refractivity contribution in [2.45, 2.75) is 20.5 Å². The van der Waals surface area contributed by atoms with Crippen LogP contribution in [-0.4, -0.2) is 17.0 Å². The van der Waals surface area contributed by atoms with Crippen LogP contribution in [0.2, 0.25) is 0 Å². The zero-order valence-electron chi connectivity index (χ0n) is 9.92. The molecule has 2 unspecified atom stereocenters. The maximum absolute atomic E-state index is 11.6. The molecule has 92 valence electrons. The molecule has 0 heterocycles. The Morgan fingerprint density at radius 2 is 1.76 bits per heavy atom. The van der Waals surface area contributed by atoms with Gasteiger partial charge >= 0.3 is 11.9 Å². The van der Waals surface area contributed by atoms with Gasteiger partial charge in [0.15, 0.2) is 0 Å². The van der Waals surface area contributed by atoms with Crippen LogP contribution in [0.25, 0.3) is 0 Å². The number of benzene rings is 1. The molecular formula is C13H16O4. The predicted molar refractivity (Wildman–Crippen MR) is 62.2 cm³/mol. The number of carboxylic acid groups (broad SMARTS) is 1. The first-order chi connectivity index (χ1) is 8.02. The molecule has 17 heavy (non-hydrogen) atoms. The zero-order valence-corrected chi connectivity index (χ0v) is 9.92. The number of rotatable bonds is 5. The van der Waals surface area contributed by atoms with Crippen LogP contribution in [0.1, 0.15) is 19.4 Å². The van der Waals surface area contributed by atoms with Crippen LogP contribution in [0.5, 0.6) is 0 Å². The summed E-state index contributed by atoms with van der Waals surface area (Å²) in [5, 5.41) is 8.78. The van der Waals surface area contributed by atoms with Gasteiger partial charge in [0.2, 0.25) is 0 Å². The summed E-state index contributed by atoms with van der Waals surface area (Å²) in [6.07, 6.45) is 0. The van der Waals surface area contributed by atoms with Gasteiger partial charge in [-0.3, -0.25) is 9.59 Å². The van der Waals surface area contributed by atoms with Gasteiger partial charge in [-0.05, 0) is 5.56 Å². The van der Waals surface area contributed by atoms with Crippen molar-refractivity contribution in [2.24, 2.45) is 11.8 Å². The topological polar surface area (TPSA) is 63.6 Å². The highest BCUT2D eigenvalue weighted by Gasteiger charge is 2.26. The Morgan fingerprint density at radius 3 is 2.29 bits per heavy atom. The summed E-state index contributed by atoms with van der Waals surface area (Å²) in [4.78, 5) is 22.3. The Balaban J connectivity index is 2.47. The zero-order chi connectivity index (χ0) is 12.8. The average molecular weight is 236 g/mol. The molecule has 0 saturated heterocycles. The molecule has 1 N–H and O–H groups in total. The minimum Gasteiger partial charge on any atom is -0.481 e. The summed E-state index contributed by atoms with van der Waals surface area (Å²) >= 11 is 0. The lowest BCUT2D eigenvalue weighted by molar-refractivity contribution is -0.157. The number of carbonyl (C=O) groups is 2. The van der Waals surface area contributed by atoms with E-state index in [2.05, 4.69) is 0 Å². The molecule has 0 aliphatic rings. The molecule has 0 spiro atoms. The monoisotopic (exact) mass is 236 g/mol. The first-order valence-corrected chi connectivity index (χ1v) is 5.45. The molecule has 0 aromatic heterocycles. The molecule has 2 atom stereocenters. The van der Waals surface area contributed by atoms with Gasteiger partial charge in [-0.1, -0.05) is 44.2 Å². The smallest absolute Gasteiger partial charge is 0.309 e. The number of esters is 1. The van der Waals surface area contributed by atoms with Crippen LogP contribution in [0.3, 0.4) is 0 Å². The third-order valence-corrected chi connectivity index (χ3v) is 2.74. The molecule has 1 rings (SSSR count). The Morgan fingerprint density at radius 1 is 1.18 bits per heavy atom. The molecule has 0 aliphatic carbocycles. The molecule has 0 saturated carbocycles. The third-order valence-electron chi connectivity index (χ3n) is 2.74. The lowest BCUT2D eigenvalue weighted by Gasteiger charge is -2.14. The molecule has 1 aromatic rings. The lowest BCUT2D eigenvalue weighted by atomic mass is 9.96. The molecule has 0 fully saturated rings. The summed E-state index contributed by atoms with van der Waals surface area (Å²) in [6.45, 7) is 3.24. The van der Waals surface area contributed by atoms with Gasteiger partial charge in [0.1, 0.15) is 6.61 Å². The maximum atomic E-state index is 11.6. The summed E-state index contributed by atoms with van der Waals surface area (Å²) in [5.74, 6) is -2.85. The van der Waals surface area contributed by atoms with Gasteiger partial charge in [-0.25, -0.2) is 0 Å². The van der Waals surface area contributed by atoms with Crippen molar-refractivity contribution in [1.82, 2.24) is 0 Å². The number of hydrogen-bond donors (Lipinski definition) is 1. The van der Waals surface area contributed by atoms with Gasteiger partial charge in [0.25, 0.3) is 0 Å². The van der Waals surface area contributed by atoms with Crippen LogP contribution >= 0.6 is 0 Å². The Hall–Kier alpha value is -1.84. The van der Waals surface area contributed by atoms with Crippen molar-refractivity contribution in [1.29, 1.82) is 0 Å². The third kappa shape index (κ3) is 3.90. The molecule has 1 aromatic carbocycles. The fraction of sp³-hybridized carbons (Fsp3) is 0.385. The van der Waals surface area contributed by atoms with Crippen LogP contribution < -0.4 is 0 Å². The minimum absolute atomic E-state index is 0.177. The first kappa shape index (κ1) is 13.2. The highest BCUT2D eigenvalue weighted by atomic mass is 16.5. The minimum atomic E-state index is -0.992. The van der Waals surface area contributed by atoms with E-state index in [1.54, 1.807) is 6.92 Å². The summed E-state index contributed by atoms with van der Waals surface area (Å²) in [6, 6.07) is 9.27. The van der Waals surface area contributed by atoms with Gasteiger partial charge in [-0.2, -0.15) is 0 Å². The van der Waals surface area contributed by atoms with Gasteiger partial charge in [-0.15, -0.1) is 0 Å². The average Bonchev–Trinajstić information content (AvgIpc) is 2.35. The number of ether oxygens (including phenoxy) is 1. The number of carboxylic acids is 1. The predicted octanol–water partition coefficient (Wildman–Crippen LogP) is 2.09. The van der Waals surface area contributed by atoms with Crippen molar-refractivity contribution < 1.29 is 19.4 Å². The summed E-state index contributed by atoms with van der Waals surface area (Å²) in [7, 11) is 0. The van der Waals surface area contributed by atoms with Crippen LogP contribution in [0.15, 0.2) is 30.3 Å². The van der Waals surface area contributed by atoms with Crippen LogP contribution in [0.4, 0.5) is 0 Å². The Bertz CT molecular complexity index is 386. The second-order valence-corrected chi connectivity index (χ2v) is 4.01. The number of aliphatic carboxylic acids is 1. The number of hydrogen-bond acceptors (Lipinski definition) is 3. The van der Waals surface area contributed by atoms with Crippen molar-refractivity contribution >= 4 is 11.9 Å². The molecular weight excluding hydrogens is 220 g/mol. The Labute approximate surface area is 100 Å². The first-order valence-electron chi connectivity index (χ1n) is 5.45. The maximum Gasteiger partial charge on any atom is 0.309 e. The molecule has 4 heteroatoms. The van der Waals surface area contributed by atoms with E-state index in [1.807, 2.05) is 30.3 Å². The van der Waals surface area contributed by atoms with Gasteiger partial charge < -0.3 is 9.84 Å². The van der Waals surface area contributed by atoms with Crippen LogP contribution in [0, 0.1) is 11.8 Å². The highest BCUT2D eigenvalue weighted by molar-refractivity contribution is 5.80. The van der Waals surface area contributed by atoms with E-state index in [4.69, 9.17) is 9.84 Å². The fourth-order valence-electron chi connectivity index (χ4n) is 1.28. The van der Waals surface area contributed by atoms with Crippen molar-refractivity contribution in [3.63, 3.8) is 0 Å². The summed E-state index contributed by atoms with van der Waals surface area (Å²) in [5.41, 5.74) is 0.885. The van der Waals surface area contributed by atoms with Crippen molar-refractivity contribution in [3.8, 4) is 0 Å². The SMILES string of the molecule is CC(C(=O)O)C(C)C(=O)OCc1ccccc1. The van der Waals surface area contributed by atoms with Crippen LogP contribution in [-0.2, 0) is 20.9 Å². The second kappa shape index (κ2) is 6.03. The van der Waals surface area contributed by atoms with E-state index in [0.717, 1.165) is 5.56 Å². The fourth-order valence-corrected chi connectivity index (χ4v) is 1.28. The van der Waals surface area contributed by atoms with Crippen molar-refractivity contribution in [3.05, 3.63) is 35.9 Å². The van der Waals surface area contributed by atoms with E-state index >= 15 is 0 Å². The molecule has 0 amide bonds. The quantitative estimate of drug-likeness (QED) is 0.795. The van der Waals surface area contributed by atoms with E-state index in [0.29, 0.717) is 0 Å². The summed E-state index contributed by atoms with van der Waals surface area (Å²) < 4.78 is 5.06. The van der Waals surface area contributed by atoms with E-state index < -0.39 is 23.8 Å². The van der Waals surface area contributed by atoms with Crippen molar-refractivity contribution in [2.75, 3.05) is 0 Å². The normalized spacial score (nSPS) is 13.8. The Kier molecular flexibility index (Phi) is 4.69. The molecule has 4 nitrogen and oxygen atoms in total. The van der Waals surface area contributed by atoms with E-state index in [-0.39, 0.29) is 6.61 Å². The second-order valence-electron chi connectivity index (χ2n) is 4.01. The molecule has 0 aliphatic heterocycles. The number of carbonyl (C=O) groups excluding carboxylic acids is 1. The van der Waals surface area contributed by atoms with Gasteiger partial charge in [0, 0.05) is 0 Å². The molecule has 0 radical (unpaired) electrons. The standard InChI is InChI=1S/C13H16O4/c1-9(12(14)15)10(2)13(16)17-8-11-6-4-3-5-7-11/h3-7,9-10H,8H2,1-2H3,(H,14,15). The van der Waals surface area contributed by atoms with E-state index in [9.17, 15) is 9.59 Å². The van der Waals surface area contributed by atoms with E-state index in [1.165, 1.54) is 6.92 Å².